The maximum Gasteiger partial charge on any atom is 3.00 e. The Hall–Kier alpha value is -7.24. The molecule has 0 spiro atoms. The average molecular weight is 937 g/mol. The van der Waals surface area contributed by atoms with Crippen LogP contribution in [0.15, 0.2) is 219 Å². The van der Waals surface area contributed by atoms with Gasteiger partial charge in [-0.3, -0.25) is 0 Å². The number of hydrogen-bond acceptors (Lipinski definition) is 5. The van der Waals surface area contributed by atoms with Gasteiger partial charge in [-0.05, 0) is 69.6 Å². The van der Waals surface area contributed by atoms with Gasteiger partial charge in [0.1, 0.15) is 0 Å². The molecule has 6 heteroatoms. The molecule has 0 amide bonds. The normalized spacial score (nSPS) is 10.2. The summed E-state index contributed by atoms with van der Waals surface area (Å²) in [6.45, 7) is 0. The number of fused-ring (bicyclic) bond motifs is 2. The Kier molecular flexibility index (Phi) is 13.7. The molecular weight excluding hydrogens is 899 g/mol. The summed E-state index contributed by atoms with van der Waals surface area (Å²) >= 11 is 0. The first-order valence-corrected chi connectivity index (χ1v) is 19.0. The van der Waals surface area contributed by atoms with Gasteiger partial charge in [0, 0.05) is 40.7 Å². The summed E-state index contributed by atoms with van der Waals surface area (Å²) in [6.07, 6.45) is 5.39. The average Bonchev–Trinajstić information content (AvgIpc) is 3.31. The quantitative estimate of drug-likeness (QED) is 0.156. The van der Waals surface area contributed by atoms with Gasteiger partial charge in [0.2, 0.25) is 0 Å². The van der Waals surface area contributed by atoms with Crippen LogP contribution in [-0.4, -0.2) is 15.0 Å². The largest absolute Gasteiger partial charge is 3.00 e. The van der Waals surface area contributed by atoms with Crippen molar-refractivity contribution in [2.75, 3.05) is 10.6 Å². The Morgan fingerprint density at radius 2 is 0.746 bits per heavy atom. The van der Waals surface area contributed by atoms with Gasteiger partial charge >= 0.3 is 20.1 Å². The Labute approximate surface area is 358 Å². The van der Waals surface area contributed by atoms with Crippen LogP contribution < -0.4 is 10.6 Å². The molecule has 0 unspecified atom stereocenters. The van der Waals surface area contributed by atoms with Gasteiger partial charge in [0.05, 0.1) is 0 Å². The van der Waals surface area contributed by atoms with E-state index in [1.54, 1.807) is 18.6 Å². The zero-order valence-corrected chi connectivity index (χ0v) is 34.4. The maximum atomic E-state index is 4.39. The molecule has 0 saturated heterocycles. The van der Waals surface area contributed by atoms with E-state index in [-0.39, 0.29) is 20.1 Å². The van der Waals surface area contributed by atoms with Crippen molar-refractivity contribution in [3.63, 3.8) is 0 Å². The Morgan fingerprint density at radius 3 is 1.19 bits per heavy atom. The molecule has 0 aliphatic heterocycles. The molecule has 0 aliphatic carbocycles. The summed E-state index contributed by atoms with van der Waals surface area (Å²) < 4.78 is 0. The molecule has 0 radical (unpaired) electrons. The van der Waals surface area contributed by atoms with Crippen molar-refractivity contribution in [1.82, 2.24) is 15.0 Å². The third-order valence-electron chi connectivity index (χ3n) is 9.27. The number of rotatable bonds is 7. The zero-order chi connectivity index (χ0) is 39.2. The molecule has 3 aromatic heterocycles. The number of nitrogens with zero attached hydrogens (tertiary/aromatic N) is 3. The van der Waals surface area contributed by atoms with E-state index in [2.05, 4.69) is 141 Å². The summed E-state index contributed by atoms with van der Waals surface area (Å²) in [5, 5.41) is 11.9. The van der Waals surface area contributed by atoms with Gasteiger partial charge < -0.3 is 25.6 Å². The van der Waals surface area contributed by atoms with Crippen molar-refractivity contribution < 1.29 is 20.1 Å². The first kappa shape index (κ1) is 40.0. The van der Waals surface area contributed by atoms with Crippen molar-refractivity contribution in [2.45, 2.75) is 0 Å². The summed E-state index contributed by atoms with van der Waals surface area (Å²) in [4.78, 5) is 13.0. The van der Waals surface area contributed by atoms with E-state index in [9.17, 15) is 0 Å². The first-order chi connectivity index (χ1) is 28.8. The number of benzene rings is 7. The molecule has 3 heterocycles. The van der Waals surface area contributed by atoms with Crippen LogP contribution >= 0.6 is 0 Å². The molecule has 59 heavy (non-hydrogen) atoms. The number of anilines is 4. The van der Waals surface area contributed by atoms with Gasteiger partial charge in [0.15, 0.2) is 0 Å². The first-order valence-electron chi connectivity index (χ1n) is 19.0. The predicted octanol–water partition coefficient (Wildman–Crippen LogP) is 13.4. The fourth-order valence-electron chi connectivity index (χ4n) is 6.48. The minimum Gasteiger partial charge on any atom is -0.372 e. The second-order valence-electron chi connectivity index (χ2n) is 13.2. The SMILES string of the molecule is [Ir+3].[c-]1ccc(Nc2cccc3ccccc23)cc1-c1ccccn1.[c-]1ccc(Nc2cccc3ccccc23)cc1-c1ccccn1.[c-]1ccccc1-c1ccccn1. The second-order valence-corrected chi connectivity index (χ2v) is 13.2. The van der Waals surface area contributed by atoms with Crippen LogP contribution in [0.2, 0.25) is 0 Å². The molecule has 2 N–H and O–H groups in total. The molecular formula is C53H38IrN5. The van der Waals surface area contributed by atoms with Crippen LogP contribution in [0.4, 0.5) is 22.7 Å². The van der Waals surface area contributed by atoms with Crippen molar-refractivity contribution >= 4 is 44.3 Å². The summed E-state index contributed by atoms with van der Waals surface area (Å²) in [7, 11) is 0. The molecule has 0 fully saturated rings. The molecule has 0 bridgehead atoms. The van der Waals surface area contributed by atoms with Gasteiger partial charge in [-0.25, -0.2) is 0 Å². The number of hydrogen-bond donors (Lipinski definition) is 2. The van der Waals surface area contributed by atoms with Gasteiger partial charge in [-0.2, -0.15) is 0 Å². The Bertz CT molecular complexity index is 2630. The van der Waals surface area contributed by atoms with E-state index in [0.29, 0.717) is 0 Å². The maximum absolute atomic E-state index is 4.39. The minimum absolute atomic E-state index is 0. The zero-order valence-electron chi connectivity index (χ0n) is 32.0. The molecule has 7 aromatic carbocycles. The summed E-state index contributed by atoms with van der Waals surface area (Å²) in [6, 6.07) is 76.5. The summed E-state index contributed by atoms with van der Waals surface area (Å²) in [5.41, 5.74) is 10.1. The molecule has 10 rings (SSSR count). The van der Waals surface area contributed by atoms with E-state index in [4.69, 9.17) is 0 Å². The van der Waals surface area contributed by atoms with Crippen molar-refractivity contribution in [1.29, 1.82) is 0 Å². The van der Waals surface area contributed by atoms with Gasteiger partial charge in [-0.1, -0.05) is 109 Å². The van der Waals surface area contributed by atoms with E-state index in [1.165, 1.54) is 21.5 Å². The third-order valence-corrected chi connectivity index (χ3v) is 9.27. The molecule has 284 valence electrons. The number of pyridine rings is 3. The second kappa shape index (κ2) is 20.3. The van der Waals surface area contributed by atoms with E-state index >= 15 is 0 Å². The van der Waals surface area contributed by atoms with Crippen LogP contribution in [0.1, 0.15) is 0 Å². The third kappa shape index (κ3) is 10.6. The van der Waals surface area contributed by atoms with E-state index in [0.717, 1.165) is 56.5 Å². The van der Waals surface area contributed by atoms with Gasteiger partial charge in [-0.15, -0.1) is 95.6 Å². The topological polar surface area (TPSA) is 62.7 Å². The van der Waals surface area contributed by atoms with Crippen molar-refractivity contribution in [3.05, 3.63) is 237 Å². The molecule has 10 aromatic rings. The Morgan fingerprint density at radius 1 is 0.339 bits per heavy atom. The van der Waals surface area contributed by atoms with Crippen LogP contribution in [0.5, 0.6) is 0 Å². The fourth-order valence-corrected chi connectivity index (χ4v) is 6.48. The van der Waals surface area contributed by atoms with Gasteiger partial charge in [0.25, 0.3) is 0 Å². The molecule has 0 atom stereocenters. The predicted molar refractivity (Wildman–Crippen MR) is 240 cm³/mol. The molecule has 0 saturated carbocycles. The fraction of sp³-hybridized carbons (Fsp3) is 0. The van der Waals surface area contributed by atoms with Crippen molar-refractivity contribution in [3.8, 4) is 33.8 Å². The van der Waals surface area contributed by atoms with Crippen LogP contribution in [0.25, 0.3) is 55.3 Å². The smallest absolute Gasteiger partial charge is 0.372 e. The molecule has 5 nitrogen and oxygen atoms in total. The number of aromatic nitrogens is 3. The standard InChI is InChI=1S/2C21H15N2.C11H8N.Ir/c2*1-2-11-19-16(7-1)8-6-13-21(19)23-18-10-5-9-17(15-18)20-12-3-4-14-22-20;1-2-6-10(7-3-1)11-8-4-5-9-12-11;/h2*1-8,10-15,23H;1-6,8-9H;/q3*-1;+3. The van der Waals surface area contributed by atoms with E-state index < -0.39 is 0 Å². The molecule has 0 aliphatic rings. The monoisotopic (exact) mass is 937 g/mol. The van der Waals surface area contributed by atoms with Crippen LogP contribution in [0, 0.1) is 18.2 Å². The Balaban J connectivity index is 0.000000140. The van der Waals surface area contributed by atoms with E-state index in [1.807, 2.05) is 103 Å². The van der Waals surface area contributed by atoms with Crippen molar-refractivity contribution in [2.24, 2.45) is 0 Å². The number of nitrogens with one attached hydrogen (secondary N) is 2. The van der Waals surface area contributed by atoms with Crippen LogP contribution in [-0.2, 0) is 20.1 Å². The summed E-state index contributed by atoms with van der Waals surface area (Å²) in [5.74, 6) is 0. The minimum atomic E-state index is 0. The van der Waals surface area contributed by atoms with Crippen LogP contribution in [0.3, 0.4) is 0 Å².